The third-order valence-corrected chi connectivity index (χ3v) is 5.42. The third-order valence-electron chi connectivity index (χ3n) is 5.42. The Morgan fingerprint density at radius 1 is 0.789 bits per heavy atom. The molecule has 0 amide bonds. The van der Waals surface area contributed by atoms with Gasteiger partial charge in [-0.05, 0) is 42.5 Å². The maximum absolute atomic E-state index is 10.9. The molecule has 5 rings (SSSR count). The number of nitrogens with one attached hydrogen (secondary N) is 2. The van der Waals surface area contributed by atoms with E-state index < -0.39 is 4.92 Å². The summed E-state index contributed by atoms with van der Waals surface area (Å²) in [6.07, 6.45) is 1.61. The number of aliphatic imine (C=N–C) groups is 1. The average Bonchev–Trinajstić information content (AvgIpc) is 2.95. The highest BCUT2D eigenvalue weighted by atomic mass is 16.6. The molecule has 0 atom stereocenters. The highest BCUT2D eigenvalue weighted by Gasteiger charge is 2.09. The molecule has 0 spiro atoms. The van der Waals surface area contributed by atoms with Gasteiger partial charge in [0.15, 0.2) is 11.8 Å². The number of guanidine groups is 1. The predicted molar refractivity (Wildman–Crippen MR) is 146 cm³/mol. The van der Waals surface area contributed by atoms with Gasteiger partial charge in [-0.1, -0.05) is 42.5 Å². The second kappa shape index (κ2) is 10.9. The molecule has 11 nitrogen and oxygen atoms in total. The van der Waals surface area contributed by atoms with E-state index in [-0.39, 0.29) is 11.6 Å². The van der Waals surface area contributed by atoms with Gasteiger partial charge in [-0.3, -0.25) is 10.1 Å². The largest absolute Gasteiger partial charge is 0.369 e. The molecule has 0 aliphatic carbocycles. The van der Waals surface area contributed by atoms with Gasteiger partial charge in [0.25, 0.3) is 5.69 Å². The van der Waals surface area contributed by atoms with E-state index in [0.717, 1.165) is 16.8 Å². The Bertz CT molecular complexity index is 1590. The standard InChI is InChI=1S/C27H21N9O2/c28-26(33-25-15-14-22(34-35-25)18-6-2-1-3-7-18)30-23-8-4-5-9-24(23)32-27-29-17-16-21(31-27)19-10-12-20(13-11-19)36(37)38/h1-17H,(H,29,31,32)(H3,28,30,33,35). The number of nitro benzene ring substituents is 1. The molecule has 186 valence electrons. The molecule has 38 heavy (non-hydrogen) atoms. The van der Waals surface area contributed by atoms with Crippen LogP contribution in [0.5, 0.6) is 0 Å². The zero-order valence-corrected chi connectivity index (χ0v) is 19.9. The van der Waals surface area contributed by atoms with Gasteiger partial charge in [-0.2, -0.15) is 4.99 Å². The molecule has 0 fully saturated rings. The third kappa shape index (κ3) is 5.74. The fourth-order valence-corrected chi connectivity index (χ4v) is 3.59. The summed E-state index contributed by atoms with van der Waals surface area (Å²) >= 11 is 0. The van der Waals surface area contributed by atoms with E-state index in [2.05, 4.69) is 35.8 Å². The Balaban J connectivity index is 1.31. The second-order valence-corrected chi connectivity index (χ2v) is 8.00. The van der Waals surface area contributed by atoms with Crippen molar-refractivity contribution >= 4 is 34.8 Å². The van der Waals surface area contributed by atoms with Gasteiger partial charge >= 0.3 is 0 Å². The van der Waals surface area contributed by atoms with E-state index in [4.69, 9.17) is 5.73 Å². The van der Waals surface area contributed by atoms with Crippen LogP contribution in [0.3, 0.4) is 0 Å². The van der Waals surface area contributed by atoms with E-state index in [0.29, 0.717) is 28.8 Å². The lowest BCUT2D eigenvalue weighted by atomic mass is 10.1. The maximum Gasteiger partial charge on any atom is 0.269 e. The van der Waals surface area contributed by atoms with Crippen molar-refractivity contribution in [1.29, 1.82) is 0 Å². The number of non-ortho nitro benzene ring substituents is 1. The first-order valence-electron chi connectivity index (χ1n) is 11.5. The summed E-state index contributed by atoms with van der Waals surface area (Å²) in [5.41, 5.74) is 10.5. The zero-order chi connectivity index (χ0) is 26.3. The maximum atomic E-state index is 10.9. The number of hydrogen-bond donors (Lipinski definition) is 3. The fourth-order valence-electron chi connectivity index (χ4n) is 3.59. The molecule has 2 aromatic heterocycles. The van der Waals surface area contributed by atoms with Crippen molar-refractivity contribution in [2.24, 2.45) is 10.7 Å². The minimum absolute atomic E-state index is 0.0125. The molecule has 5 aromatic rings. The van der Waals surface area contributed by atoms with Crippen molar-refractivity contribution in [3.05, 3.63) is 113 Å². The summed E-state index contributed by atoms with van der Waals surface area (Å²) < 4.78 is 0. The lowest BCUT2D eigenvalue weighted by Gasteiger charge is -2.13. The number of benzene rings is 3. The highest BCUT2D eigenvalue weighted by Crippen LogP contribution is 2.26. The molecule has 2 heterocycles. The summed E-state index contributed by atoms with van der Waals surface area (Å²) in [7, 11) is 0. The van der Waals surface area contributed by atoms with Gasteiger partial charge in [0.05, 0.1) is 27.7 Å². The number of aromatic nitrogens is 4. The van der Waals surface area contributed by atoms with Crippen LogP contribution in [0, 0.1) is 10.1 Å². The van der Waals surface area contributed by atoms with Gasteiger partial charge in [0.2, 0.25) is 5.95 Å². The smallest absolute Gasteiger partial charge is 0.269 e. The second-order valence-electron chi connectivity index (χ2n) is 8.00. The Kier molecular flexibility index (Phi) is 6.89. The fraction of sp³-hybridized carbons (Fsp3) is 0. The van der Waals surface area contributed by atoms with Gasteiger partial charge in [-0.25, -0.2) is 9.97 Å². The van der Waals surface area contributed by atoms with Gasteiger partial charge < -0.3 is 16.4 Å². The van der Waals surface area contributed by atoms with Gasteiger partial charge in [0, 0.05) is 29.5 Å². The number of rotatable bonds is 7. The molecule has 0 saturated carbocycles. The summed E-state index contributed by atoms with van der Waals surface area (Å²) in [4.78, 5) is 23.6. The van der Waals surface area contributed by atoms with Crippen molar-refractivity contribution in [2.45, 2.75) is 0 Å². The topological polar surface area (TPSA) is 157 Å². The number of nitrogens with zero attached hydrogens (tertiary/aromatic N) is 6. The number of hydrogen-bond acceptors (Lipinski definition) is 8. The molecule has 0 saturated heterocycles. The molecule has 4 N–H and O–H groups in total. The van der Waals surface area contributed by atoms with Crippen LogP contribution in [0.1, 0.15) is 0 Å². The Hall–Kier alpha value is -5.71. The summed E-state index contributed by atoms with van der Waals surface area (Å²) in [6.45, 7) is 0. The van der Waals surface area contributed by atoms with Crippen LogP contribution < -0.4 is 16.4 Å². The molecule has 0 aliphatic heterocycles. The van der Waals surface area contributed by atoms with Crippen LogP contribution in [0.25, 0.3) is 22.5 Å². The van der Waals surface area contributed by atoms with Crippen LogP contribution >= 0.6 is 0 Å². The van der Waals surface area contributed by atoms with E-state index in [1.807, 2.05) is 60.7 Å². The molecular weight excluding hydrogens is 482 g/mol. The van der Waals surface area contributed by atoms with E-state index in [9.17, 15) is 10.1 Å². The van der Waals surface area contributed by atoms with Crippen molar-refractivity contribution in [2.75, 3.05) is 10.6 Å². The number of nitrogens with two attached hydrogens (primary N) is 1. The number of nitro groups is 1. The lowest BCUT2D eigenvalue weighted by Crippen LogP contribution is -2.22. The normalized spacial score (nSPS) is 11.1. The Morgan fingerprint density at radius 3 is 2.21 bits per heavy atom. The lowest BCUT2D eigenvalue weighted by molar-refractivity contribution is -0.384. The Labute approximate surface area is 217 Å². The molecule has 0 aliphatic rings. The first-order chi connectivity index (χ1) is 18.5. The van der Waals surface area contributed by atoms with Gasteiger partial charge in [-0.15, -0.1) is 10.2 Å². The van der Waals surface area contributed by atoms with E-state index >= 15 is 0 Å². The molecule has 3 aromatic carbocycles. The average molecular weight is 504 g/mol. The SMILES string of the molecule is NC(=Nc1ccc(-c2ccccc2)nn1)Nc1ccccc1Nc1nccc(-c2ccc([N+](=O)[O-])cc2)n1. The summed E-state index contributed by atoms with van der Waals surface area (Å²) in [5, 5.41) is 25.5. The molecule has 0 unspecified atom stereocenters. The van der Waals surface area contributed by atoms with Crippen LogP contribution in [0.15, 0.2) is 108 Å². The zero-order valence-electron chi connectivity index (χ0n) is 19.9. The highest BCUT2D eigenvalue weighted by molar-refractivity contribution is 5.97. The molecule has 0 radical (unpaired) electrons. The van der Waals surface area contributed by atoms with E-state index in [1.54, 1.807) is 30.5 Å². The Morgan fingerprint density at radius 2 is 1.50 bits per heavy atom. The molecule has 11 heteroatoms. The number of para-hydroxylation sites is 2. The molecule has 0 bridgehead atoms. The van der Waals surface area contributed by atoms with Crippen LogP contribution in [-0.4, -0.2) is 31.0 Å². The molecular formula is C27H21N9O2. The minimum atomic E-state index is -0.442. The number of anilines is 3. The minimum Gasteiger partial charge on any atom is -0.369 e. The van der Waals surface area contributed by atoms with Gasteiger partial charge in [0.1, 0.15) is 0 Å². The van der Waals surface area contributed by atoms with Crippen LogP contribution in [0.4, 0.5) is 28.8 Å². The monoisotopic (exact) mass is 503 g/mol. The predicted octanol–water partition coefficient (Wildman–Crippen LogP) is 5.31. The van der Waals surface area contributed by atoms with Crippen molar-refractivity contribution in [3.8, 4) is 22.5 Å². The summed E-state index contributed by atoms with van der Waals surface area (Å²) in [5.74, 6) is 0.828. The summed E-state index contributed by atoms with van der Waals surface area (Å²) in [6, 6.07) is 28.6. The first kappa shape index (κ1) is 24.0. The van der Waals surface area contributed by atoms with Crippen LogP contribution in [-0.2, 0) is 0 Å². The van der Waals surface area contributed by atoms with Crippen molar-refractivity contribution in [3.63, 3.8) is 0 Å². The first-order valence-corrected chi connectivity index (χ1v) is 11.5. The quantitative estimate of drug-likeness (QED) is 0.116. The van der Waals surface area contributed by atoms with E-state index in [1.165, 1.54) is 12.1 Å². The van der Waals surface area contributed by atoms with Crippen LogP contribution in [0.2, 0.25) is 0 Å². The van der Waals surface area contributed by atoms with Crippen molar-refractivity contribution < 1.29 is 4.92 Å². The van der Waals surface area contributed by atoms with Crippen molar-refractivity contribution in [1.82, 2.24) is 20.2 Å².